The summed E-state index contributed by atoms with van der Waals surface area (Å²) in [5.41, 5.74) is 1.28. The molecule has 0 heterocycles. The third kappa shape index (κ3) is 6.08. The molecule has 1 rings (SSSR count). The molecule has 102 valence electrons. The summed E-state index contributed by atoms with van der Waals surface area (Å²) < 4.78 is 0. The Bertz CT molecular complexity index is 445. The van der Waals surface area contributed by atoms with Crippen molar-refractivity contribution in [2.45, 2.75) is 32.9 Å². The highest BCUT2D eigenvalue weighted by Crippen LogP contribution is 2.04. The maximum absolute atomic E-state index is 11.4. The Morgan fingerprint density at radius 3 is 2.63 bits per heavy atom. The number of nitrogens with zero attached hydrogens (tertiary/aromatic N) is 1. The van der Waals surface area contributed by atoms with Crippen LogP contribution in [-0.2, 0) is 11.3 Å². The second-order valence-corrected chi connectivity index (χ2v) is 4.64. The second-order valence-electron chi connectivity index (χ2n) is 4.64. The van der Waals surface area contributed by atoms with Crippen LogP contribution in [0.5, 0.6) is 0 Å². The van der Waals surface area contributed by atoms with Crippen LogP contribution < -0.4 is 5.32 Å². The van der Waals surface area contributed by atoms with E-state index in [0.717, 1.165) is 19.5 Å². The third-order valence-electron chi connectivity index (χ3n) is 2.89. The zero-order valence-electron chi connectivity index (χ0n) is 11.9. The molecule has 0 aliphatic heterocycles. The maximum atomic E-state index is 11.4. The van der Waals surface area contributed by atoms with E-state index in [1.165, 1.54) is 5.56 Å². The zero-order valence-corrected chi connectivity index (χ0v) is 11.9. The fourth-order valence-electron chi connectivity index (χ4n) is 1.95. The molecule has 0 fully saturated rings. The number of carbonyl (C=O) groups is 1. The number of carbonyl (C=O) groups excluding carboxylic acids is 1. The summed E-state index contributed by atoms with van der Waals surface area (Å²) in [5, 5.41) is 2.93. The summed E-state index contributed by atoms with van der Waals surface area (Å²) in [7, 11) is 2.06. The molecule has 1 aromatic carbocycles. The van der Waals surface area contributed by atoms with Crippen molar-refractivity contribution in [1.29, 1.82) is 0 Å². The molecule has 0 spiro atoms. The predicted molar refractivity (Wildman–Crippen MR) is 78.4 cm³/mol. The Labute approximate surface area is 116 Å². The monoisotopic (exact) mass is 258 g/mol. The molecular weight excluding hydrogens is 236 g/mol. The molecule has 1 N–H and O–H groups in total. The lowest BCUT2D eigenvalue weighted by molar-refractivity contribution is -0.116. The lowest BCUT2D eigenvalue weighted by Gasteiger charge is -2.23. The summed E-state index contributed by atoms with van der Waals surface area (Å²) in [6.07, 6.45) is 0.899. The minimum Gasteiger partial charge on any atom is -0.341 e. The molecule has 1 atom stereocenters. The Hall–Kier alpha value is -1.79. The van der Waals surface area contributed by atoms with Crippen LogP contribution in [0.4, 0.5) is 0 Å². The molecule has 0 saturated carbocycles. The van der Waals surface area contributed by atoms with Crippen LogP contribution in [0.3, 0.4) is 0 Å². The highest BCUT2D eigenvalue weighted by Gasteiger charge is 2.11. The molecule has 3 nitrogen and oxygen atoms in total. The molecule has 3 heteroatoms. The molecule has 1 amide bonds. The number of hydrogen-bond acceptors (Lipinski definition) is 2. The van der Waals surface area contributed by atoms with Crippen LogP contribution >= 0.6 is 0 Å². The number of benzene rings is 1. The van der Waals surface area contributed by atoms with Crippen LogP contribution in [-0.4, -0.2) is 30.4 Å². The van der Waals surface area contributed by atoms with Gasteiger partial charge in [0.15, 0.2) is 0 Å². The first kappa shape index (κ1) is 15.3. The zero-order chi connectivity index (χ0) is 14.1. The van der Waals surface area contributed by atoms with E-state index in [0.29, 0.717) is 0 Å². The van der Waals surface area contributed by atoms with E-state index in [1.807, 2.05) is 18.2 Å². The molecule has 0 radical (unpaired) electrons. The van der Waals surface area contributed by atoms with Gasteiger partial charge in [0.05, 0.1) is 0 Å². The van der Waals surface area contributed by atoms with Gasteiger partial charge < -0.3 is 10.2 Å². The van der Waals surface area contributed by atoms with Crippen molar-refractivity contribution >= 4 is 5.91 Å². The Kier molecular flexibility index (Phi) is 6.70. The van der Waals surface area contributed by atoms with Crippen LogP contribution in [0.25, 0.3) is 0 Å². The Balaban J connectivity index is 2.46. The number of likely N-dealkylation sites (N-methyl/N-ethyl adjacent to an activating group) is 1. The highest BCUT2D eigenvalue weighted by molar-refractivity contribution is 5.93. The molecule has 0 aromatic heterocycles. The molecule has 1 aromatic rings. The van der Waals surface area contributed by atoms with Crippen molar-refractivity contribution in [1.82, 2.24) is 10.2 Å². The molecule has 0 aliphatic rings. The van der Waals surface area contributed by atoms with E-state index in [2.05, 4.69) is 48.2 Å². The van der Waals surface area contributed by atoms with Gasteiger partial charge in [-0.1, -0.05) is 43.2 Å². The van der Waals surface area contributed by atoms with Gasteiger partial charge >= 0.3 is 0 Å². The van der Waals surface area contributed by atoms with Gasteiger partial charge in [0.25, 0.3) is 5.91 Å². The first-order valence-electron chi connectivity index (χ1n) is 6.61. The van der Waals surface area contributed by atoms with E-state index >= 15 is 0 Å². The average molecular weight is 258 g/mol. The highest BCUT2D eigenvalue weighted by atomic mass is 16.1. The van der Waals surface area contributed by atoms with Crippen molar-refractivity contribution in [2.75, 3.05) is 13.6 Å². The number of rotatable bonds is 6. The van der Waals surface area contributed by atoms with Crippen molar-refractivity contribution in [2.24, 2.45) is 0 Å². The summed E-state index contributed by atoms with van der Waals surface area (Å²) in [6.45, 7) is 5.44. The third-order valence-corrected chi connectivity index (χ3v) is 2.89. The lowest BCUT2D eigenvalue weighted by Crippen LogP contribution is -2.41. The van der Waals surface area contributed by atoms with E-state index < -0.39 is 0 Å². The standard InChI is InChI=1S/C16H22N2O/c1-4-9-16(19)17-15(5-2)13-18(3)12-14-10-7-6-8-11-14/h6-8,10-11,15H,5,12-13H2,1-3H3,(H,17,19). The quantitative estimate of drug-likeness (QED) is 0.792. The number of hydrogen-bond donors (Lipinski definition) is 1. The van der Waals surface area contributed by atoms with Crippen LogP contribution in [0, 0.1) is 11.8 Å². The van der Waals surface area contributed by atoms with Crippen LogP contribution in [0.1, 0.15) is 25.8 Å². The lowest BCUT2D eigenvalue weighted by atomic mass is 10.2. The van der Waals surface area contributed by atoms with E-state index in [4.69, 9.17) is 0 Å². The van der Waals surface area contributed by atoms with Gasteiger partial charge in [-0.3, -0.25) is 4.79 Å². The summed E-state index contributed by atoms with van der Waals surface area (Å²) in [5.74, 6) is 4.94. The fourth-order valence-corrected chi connectivity index (χ4v) is 1.95. The van der Waals surface area contributed by atoms with Crippen molar-refractivity contribution < 1.29 is 4.79 Å². The van der Waals surface area contributed by atoms with Crippen LogP contribution in [0.15, 0.2) is 30.3 Å². The van der Waals surface area contributed by atoms with Gasteiger partial charge in [-0.2, -0.15) is 0 Å². The first-order valence-corrected chi connectivity index (χ1v) is 6.61. The van der Waals surface area contributed by atoms with Crippen molar-refractivity contribution in [3.63, 3.8) is 0 Å². The fraction of sp³-hybridized carbons (Fsp3) is 0.438. The molecule has 0 aliphatic carbocycles. The Morgan fingerprint density at radius 2 is 2.05 bits per heavy atom. The molecule has 0 saturated heterocycles. The SMILES string of the molecule is CC#CC(=O)NC(CC)CN(C)Cc1ccccc1. The average Bonchev–Trinajstić information content (AvgIpc) is 2.39. The Morgan fingerprint density at radius 1 is 1.37 bits per heavy atom. The van der Waals surface area contributed by atoms with Gasteiger partial charge in [0, 0.05) is 19.1 Å². The molecule has 1 unspecified atom stereocenters. The van der Waals surface area contributed by atoms with Gasteiger partial charge in [-0.25, -0.2) is 0 Å². The minimum absolute atomic E-state index is 0.141. The molecule has 19 heavy (non-hydrogen) atoms. The first-order chi connectivity index (χ1) is 9.15. The van der Waals surface area contributed by atoms with Gasteiger partial charge in [0.2, 0.25) is 0 Å². The number of nitrogens with one attached hydrogen (secondary N) is 1. The van der Waals surface area contributed by atoms with E-state index in [9.17, 15) is 4.79 Å². The van der Waals surface area contributed by atoms with Crippen LogP contribution in [0.2, 0.25) is 0 Å². The predicted octanol–water partition coefficient (Wildman–Crippen LogP) is 2.04. The maximum Gasteiger partial charge on any atom is 0.296 e. The topological polar surface area (TPSA) is 32.3 Å². The smallest absolute Gasteiger partial charge is 0.296 e. The second kappa shape index (κ2) is 8.34. The van der Waals surface area contributed by atoms with Crippen molar-refractivity contribution in [3.05, 3.63) is 35.9 Å². The van der Waals surface area contributed by atoms with Gasteiger partial charge in [0.1, 0.15) is 0 Å². The van der Waals surface area contributed by atoms with Gasteiger partial charge in [-0.15, -0.1) is 0 Å². The summed E-state index contributed by atoms with van der Waals surface area (Å²) in [4.78, 5) is 13.7. The molecule has 0 bridgehead atoms. The van der Waals surface area contributed by atoms with E-state index in [-0.39, 0.29) is 11.9 Å². The molecular formula is C16H22N2O. The summed E-state index contributed by atoms with van der Waals surface area (Å²) in [6, 6.07) is 10.5. The normalized spacial score (nSPS) is 11.6. The number of amides is 1. The van der Waals surface area contributed by atoms with Gasteiger partial charge in [-0.05, 0) is 31.9 Å². The van der Waals surface area contributed by atoms with E-state index in [1.54, 1.807) is 6.92 Å². The minimum atomic E-state index is -0.192. The summed E-state index contributed by atoms with van der Waals surface area (Å²) >= 11 is 0. The largest absolute Gasteiger partial charge is 0.341 e. The van der Waals surface area contributed by atoms with Crippen molar-refractivity contribution in [3.8, 4) is 11.8 Å².